The molecule has 0 bridgehead atoms. The lowest BCUT2D eigenvalue weighted by atomic mass is 10.1. The molecule has 0 radical (unpaired) electrons. The molecular formula is C17H17Cl2N3S. The molecule has 0 aliphatic carbocycles. The molecule has 2 N–H and O–H groups in total. The van der Waals surface area contributed by atoms with Gasteiger partial charge in [0.05, 0.1) is 11.4 Å². The Labute approximate surface area is 150 Å². The van der Waals surface area contributed by atoms with Crippen molar-refractivity contribution in [1.82, 2.24) is 9.66 Å². The quantitative estimate of drug-likeness (QED) is 0.495. The van der Waals surface area contributed by atoms with E-state index in [0.717, 1.165) is 22.6 Å². The highest BCUT2D eigenvalue weighted by atomic mass is 35.5. The smallest absolute Gasteiger partial charge is 0.197 e. The molecule has 2 aromatic rings. The van der Waals surface area contributed by atoms with Crippen LogP contribution in [0.5, 0.6) is 0 Å². The number of nitrogens with zero attached hydrogens (tertiary/aromatic N) is 1. The zero-order valence-electron chi connectivity index (χ0n) is 12.9. The van der Waals surface area contributed by atoms with Gasteiger partial charge in [-0.3, -0.25) is 5.43 Å². The number of nitrogens with one attached hydrogen (secondary N) is 2. The van der Waals surface area contributed by atoms with E-state index in [-0.39, 0.29) is 0 Å². The summed E-state index contributed by atoms with van der Waals surface area (Å²) < 4.78 is 2.34. The van der Waals surface area contributed by atoms with Gasteiger partial charge in [0.1, 0.15) is 0 Å². The summed E-state index contributed by atoms with van der Waals surface area (Å²) in [5.74, 6) is 0. The molecule has 0 atom stereocenters. The van der Waals surface area contributed by atoms with E-state index in [1.807, 2.05) is 50.3 Å². The maximum Gasteiger partial charge on any atom is 0.197 e. The lowest BCUT2D eigenvalue weighted by Gasteiger charge is -2.13. The third kappa shape index (κ3) is 4.38. The fourth-order valence-corrected chi connectivity index (χ4v) is 2.82. The maximum absolute atomic E-state index is 6.05. The molecule has 0 amide bonds. The Hall–Kier alpha value is -1.75. The van der Waals surface area contributed by atoms with Crippen LogP contribution >= 0.6 is 35.4 Å². The Kier molecular flexibility index (Phi) is 5.88. The van der Waals surface area contributed by atoms with Crippen molar-refractivity contribution in [1.29, 1.82) is 0 Å². The van der Waals surface area contributed by atoms with Crippen molar-refractivity contribution in [3.8, 4) is 0 Å². The second-order valence-corrected chi connectivity index (χ2v) is 6.37. The highest BCUT2D eigenvalue weighted by Gasteiger charge is 2.13. The maximum atomic E-state index is 6.05. The standard InChI is InChI=1S/C17H17Cl2N3S/c1-4-6-13(9-11(2)18)16-12(3)20-17(23)22(16)21-15-8-5-7-14(19)10-15/h4-10,21H,1H2,2-3H3,(H,20,23)/b11-9+,13-6+. The van der Waals surface area contributed by atoms with Crippen molar-refractivity contribution < 1.29 is 0 Å². The summed E-state index contributed by atoms with van der Waals surface area (Å²) in [4.78, 5) is 3.16. The number of allylic oxidation sites excluding steroid dienone is 5. The number of hydrogen-bond acceptors (Lipinski definition) is 2. The third-order valence-corrected chi connectivity index (χ3v) is 3.70. The van der Waals surface area contributed by atoms with Crippen molar-refractivity contribution in [2.75, 3.05) is 5.43 Å². The molecule has 2 rings (SSSR count). The van der Waals surface area contributed by atoms with E-state index in [1.54, 1.807) is 10.8 Å². The zero-order valence-corrected chi connectivity index (χ0v) is 15.2. The minimum Gasteiger partial charge on any atom is -0.333 e. The van der Waals surface area contributed by atoms with Gasteiger partial charge in [-0.25, -0.2) is 4.68 Å². The summed E-state index contributed by atoms with van der Waals surface area (Å²) in [6, 6.07) is 7.43. The highest BCUT2D eigenvalue weighted by molar-refractivity contribution is 7.71. The van der Waals surface area contributed by atoms with Crippen LogP contribution in [0.25, 0.3) is 5.57 Å². The molecule has 0 spiro atoms. The van der Waals surface area contributed by atoms with Gasteiger partial charge in [-0.15, -0.1) is 0 Å². The SMILES string of the molecule is C=C/C=C(\C=C(/C)Cl)c1c(C)[nH]c(=S)n1Nc1cccc(Cl)c1. The van der Waals surface area contributed by atoms with Gasteiger partial charge in [0.2, 0.25) is 0 Å². The number of hydrogen-bond donors (Lipinski definition) is 2. The summed E-state index contributed by atoms with van der Waals surface area (Å²) in [5.41, 5.74) is 6.80. The van der Waals surface area contributed by atoms with Crippen LogP contribution in [0.2, 0.25) is 5.02 Å². The molecule has 120 valence electrons. The molecule has 1 aromatic carbocycles. The third-order valence-electron chi connectivity index (χ3n) is 3.07. The second kappa shape index (κ2) is 7.68. The van der Waals surface area contributed by atoms with Crippen molar-refractivity contribution >= 4 is 46.7 Å². The van der Waals surface area contributed by atoms with E-state index in [2.05, 4.69) is 17.0 Å². The highest BCUT2D eigenvalue weighted by Crippen LogP contribution is 2.24. The van der Waals surface area contributed by atoms with E-state index in [0.29, 0.717) is 14.8 Å². The van der Waals surface area contributed by atoms with Gasteiger partial charge < -0.3 is 4.98 Å². The molecule has 1 heterocycles. The Morgan fingerprint density at radius 3 is 2.78 bits per heavy atom. The van der Waals surface area contributed by atoms with Gasteiger partial charge in [-0.05, 0) is 50.3 Å². The molecule has 0 saturated heterocycles. The lowest BCUT2D eigenvalue weighted by molar-refractivity contribution is 0.920. The van der Waals surface area contributed by atoms with Gasteiger partial charge in [0, 0.05) is 21.3 Å². The van der Waals surface area contributed by atoms with E-state index < -0.39 is 0 Å². The van der Waals surface area contributed by atoms with Crippen molar-refractivity contribution in [2.24, 2.45) is 0 Å². The molecule has 3 nitrogen and oxygen atoms in total. The van der Waals surface area contributed by atoms with Crippen LogP contribution in [0.3, 0.4) is 0 Å². The minimum absolute atomic E-state index is 0.549. The Morgan fingerprint density at radius 1 is 1.43 bits per heavy atom. The van der Waals surface area contributed by atoms with Crippen LogP contribution in [0.1, 0.15) is 18.3 Å². The van der Waals surface area contributed by atoms with Gasteiger partial charge in [-0.2, -0.15) is 0 Å². The van der Waals surface area contributed by atoms with Gasteiger partial charge in [0.15, 0.2) is 4.77 Å². The number of aromatic amines is 1. The van der Waals surface area contributed by atoms with E-state index in [9.17, 15) is 0 Å². The Morgan fingerprint density at radius 2 is 2.17 bits per heavy atom. The summed E-state index contributed by atoms with van der Waals surface area (Å²) in [5, 5.41) is 1.31. The number of anilines is 1. The first-order valence-electron chi connectivity index (χ1n) is 6.93. The first-order chi connectivity index (χ1) is 10.9. The fraction of sp³-hybridized carbons (Fsp3) is 0.118. The van der Waals surface area contributed by atoms with Crippen molar-refractivity contribution in [3.05, 3.63) is 75.3 Å². The van der Waals surface area contributed by atoms with E-state index in [4.69, 9.17) is 35.4 Å². The minimum atomic E-state index is 0.549. The van der Waals surface area contributed by atoms with Crippen LogP contribution < -0.4 is 5.43 Å². The molecule has 0 fully saturated rings. The van der Waals surface area contributed by atoms with Gasteiger partial charge in [-0.1, -0.05) is 48.0 Å². The molecular weight excluding hydrogens is 349 g/mol. The van der Waals surface area contributed by atoms with Crippen LogP contribution in [0.4, 0.5) is 5.69 Å². The second-order valence-electron chi connectivity index (χ2n) is 4.95. The molecule has 0 aliphatic heterocycles. The normalized spacial score (nSPS) is 12.3. The molecule has 23 heavy (non-hydrogen) atoms. The summed E-state index contributed by atoms with van der Waals surface area (Å²) in [6.45, 7) is 7.54. The molecule has 0 saturated carbocycles. The Bertz CT molecular complexity index is 840. The first kappa shape index (κ1) is 17.6. The molecule has 1 aromatic heterocycles. The molecule has 0 aliphatic rings. The number of aryl methyl sites for hydroxylation is 1. The van der Waals surface area contributed by atoms with Gasteiger partial charge in [0.25, 0.3) is 0 Å². The molecule has 0 unspecified atom stereocenters. The van der Waals surface area contributed by atoms with Crippen LogP contribution in [-0.2, 0) is 0 Å². The number of halogens is 2. The topological polar surface area (TPSA) is 32.8 Å². The van der Waals surface area contributed by atoms with Crippen LogP contribution in [-0.4, -0.2) is 9.66 Å². The van der Waals surface area contributed by atoms with Crippen LogP contribution in [0, 0.1) is 11.7 Å². The van der Waals surface area contributed by atoms with E-state index in [1.165, 1.54) is 0 Å². The summed E-state index contributed by atoms with van der Waals surface area (Å²) in [6.07, 6.45) is 5.46. The number of benzene rings is 1. The first-order valence-corrected chi connectivity index (χ1v) is 8.10. The van der Waals surface area contributed by atoms with Crippen molar-refractivity contribution in [2.45, 2.75) is 13.8 Å². The monoisotopic (exact) mass is 365 g/mol. The van der Waals surface area contributed by atoms with Crippen LogP contribution in [0.15, 0.2) is 54.1 Å². The fourth-order valence-electron chi connectivity index (χ4n) is 2.22. The predicted molar refractivity (Wildman–Crippen MR) is 103 cm³/mol. The zero-order chi connectivity index (χ0) is 17.0. The Balaban J connectivity index is 2.57. The van der Waals surface area contributed by atoms with Gasteiger partial charge >= 0.3 is 0 Å². The van der Waals surface area contributed by atoms with E-state index >= 15 is 0 Å². The van der Waals surface area contributed by atoms with Crippen molar-refractivity contribution in [3.63, 3.8) is 0 Å². The average Bonchev–Trinajstić information content (AvgIpc) is 2.72. The lowest BCUT2D eigenvalue weighted by Crippen LogP contribution is -2.12. The number of aromatic nitrogens is 2. The predicted octanol–water partition coefficient (Wildman–Crippen LogP) is 6.09. The number of rotatable bonds is 5. The summed E-state index contributed by atoms with van der Waals surface area (Å²) >= 11 is 17.5. The number of H-pyrrole nitrogens is 1. The average molecular weight is 366 g/mol. The number of imidazole rings is 1. The summed E-state index contributed by atoms with van der Waals surface area (Å²) in [7, 11) is 0. The largest absolute Gasteiger partial charge is 0.333 e. The molecule has 6 heteroatoms.